The number of amides is 2. The first-order chi connectivity index (χ1) is 18.5. The van der Waals surface area contributed by atoms with E-state index >= 15 is 0 Å². The van der Waals surface area contributed by atoms with E-state index < -0.39 is 6.04 Å². The van der Waals surface area contributed by atoms with Gasteiger partial charge < -0.3 is 20.7 Å². The van der Waals surface area contributed by atoms with Gasteiger partial charge in [0.25, 0.3) is 5.91 Å². The van der Waals surface area contributed by atoms with Crippen LogP contribution < -0.4 is 15.8 Å². The zero-order valence-electron chi connectivity index (χ0n) is 22.3. The maximum Gasteiger partial charge on any atom is 0.254 e. The van der Waals surface area contributed by atoms with Crippen molar-refractivity contribution in [3.8, 4) is 5.75 Å². The van der Waals surface area contributed by atoms with Crippen LogP contribution in [0.15, 0.2) is 66.7 Å². The van der Waals surface area contributed by atoms with Gasteiger partial charge >= 0.3 is 0 Å². The van der Waals surface area contributed by atoms with Crippen LogP contribution in [0.1, 0.15) is 38.5 Å². The number of aryl methyl sites for hydroxylation is 1. The summed E-state index contributed by atoms with van der Waals surface area (Å²) in [6.45, 7) is 5.08. The van der Waals surface area contributed by atoms with E-state index in [0.29, 0.717) is 37.4 Å². The lowest BCUT2D eigenvalue weighted by Gasteiger charge is -2.43. The number of rotatable bonds is 11. The Bertz CT molecular complexity index is 1200. The predicted molar refractivity (Wildman–Crippen MR) is 153 cm³/mol. The van der Waals surface area contributed by atoms with Crippen molar-refractivity contribution in [2.24, 2.45) is 5.73 Å². The Hall–Kier alpha value is -3.20. The van der Waals surface area contributed by atoms with Gasteiger partial charge in [0.15, 0.2) is 0 Å². The minimum Gasteiger partial charge on any atom is -0.497 e. The number of nitrogens with zero attached hydrogens (tertiary/aromatic N) is 2. The molecule has 7 nitrogen and oxygen atoms in total. The molecule has 8 heteroatoms. The fourth-order valence-corrected chi connectivity index (χ4v) is 6.00. The summed E-state index contributed by atoms with van der Waals surface area (Å²) < 4.78 is 5.32. The number of carbonyl (C=O) groups excluding carboxylic acids is 2. The number of hydrogen-bond donors (Lipinski definition) is 2. The number of ether oxygens (including phenoxy) is 1. The minimum atomic E-state index is -0.566. The molecule has 0 aliphatic carbocycles. The Morgan fingerprint density at radius 1 is 1.13 bits per heavy atom. The summed E-state index contributed by atoms with van der Waals surface area (Å²) in [5.74, 6) is 0.319. The summed E-state index contributed by atoms with van der Waals surface area (Å²) in [5, 5.41) is 2.93. The second-order valence-electron chi connectivity index (χ2n) is 9.72. The standard InChI is InChI=1S/C30H38N4O3S/c1-22-11-12-27(38-22)21-33(17-13-23-7-4-3-5-8-23)25-14-18-34(28(20-25)29(35)32-16-15-31)30(36)24-9-6-10-26(19-24)37-2/h3-12,19,25,28H,13-18,20-21,31H2,1-2H3,(H,32,35)/t25?,28-/m1/s1. The van der Waals surface area contributed by atoms with Gasteiger partial charge in [0.1, 0.15) is 11.8 Å². The summed E-state index contributed by atoms with van der Waals surface area (Å²) >= 11 is 1.81. The van der Waals surface area contributed by atoms with Gasteiger partial charge in [-0.3, -0.25) is 14.5 Å². The highest BCUT2D eigenvalue weighted by Gasteiger charge is 2.38. The molecule has 0 bridgehead atoms. The molecule has 38 heavy (non-hydrogen) atoms. The highest BCUT2D eigenvalue weighted by Crippen LogP contribution is 2.28. The number of piperidine rings is 1. The fraction of sp³-hybridized carbons (Fsp3) is 0.400. The fourth-order valence-electron chi connectivity index (χ4n) is 5.08. The molecule has 3 aromatic rings. The third kappa shape index (κ3) is 7.22. The molecule has 1 aromatic heterocycles. The molecule has 2 heterocycles. The molecular weight excluding hydrogens is 496 g/mol. The molecular formula is C30H38N4O3S. The number of likely N-dealkylation sites (tertiary alicyclic amines) is 1. The summed E-state index contributed by atoms with van der Waals surface area (Å²) in [6, 6.07) is 21.6. The second-order valence-corrected chi connectivity index (χ2v) is 11.1. The average molecular weight is 535 g/mol. The van der Waals surface area contributed by atoms with Crippen LogP contribution in [0.2, 0.25) is 0 Å². The molecule has 0 spiro atoms. The number of nitrogens with one attached hydrogen (secondary N) is 1. The molecule has 3 N–H and O–H groups in total. The van der Waals surface area contributed by atoms with Gasteiger partial charge in [-0.25, -0.2) is 0 Å². The number of nitrogens with two attached hydrogens (primary N) is 1. The Morgan fingerprint density at radius 3 is 2.66 bits per heavy atom. The van der Waals surface area contributed by atoms with Crippen molar-refractivity contribution in [1.29, 1.82) is 0 Å². The topological polar surface area (TPSA) is 87.9 Å². The van der Waals surface area contributed by atoms with Crippen LogP contribution >= 0.6 is 11.3 Å². The van der Waals surface area contributed by atoms with Gasteiger partial charge in [-0.15, -0.1) is 11.3 Å². The van der Waals surface area contributed by atoms with E-state index in [4.69, 9.17) is 10.5 Å². The molecule has 2 aromatic carbocycles. The molecule has 2 amide bonds. The Balaban J connectivity index is 1.56. The lowest BCUT2D eigenvalue weighted by atomic mass is 9.93. The van der Waals surface area contributed by atoms with Crippen molar-refractivity contribution in [2.45, 2.75) is 44.8 Å². The van der Waals surface area contributed by atoms with Gasteiger partial charge in [-0.1, -0.05) is 36.4 Å². The van der Waals surface area contributed by atoms with Crippen LogP contribution in [0.4, 0.5) is 0 Å². The van der Waals surface area contributed by atoms with Gasteiger partial charge in [-0.05, 0) is 62.1 Å². The van der Waals surface area contributed by atoms with E-state index in [1.54, 1.807) is 30.2 Å². The van der Waals surface area contributed by atoms with E-state index in [1.165, 1.54) is 15.3 Å². The average Bonchev–Trinajstić information content (AvgIpc) is 3.38. The zero-order valence-corrected chi connectivity index (χ0v) is 23.1. The van der Waals surface area contributed by atoms with Crippen molar-refractivity contribution in [3.63, 3.8) is 0 Å². The van der Waals surface area contributed by atoms with Crippen LogP contribution in [-0.4, -0.2) is 67.0 Å². The second kappa shape index (κ2) is 13.6. The van der Waals surface area contributed by atoms with E-state index in [1.807, 2.05) is 23.5 Å². The van der Waals surface area contributed by atoms with Crippen molar-refractivity contribution in [2.75, 3.05) is 33.3 Å². The number of benzene rings is 2. The number of thiophene rings is 1. The third-order valence-electron chi connectivity index (χ3n) is 7.10. The molecule has 1 aliphatic rings. The highest BCUT2D eigenvalue weighted by atomic mass is 32.1. The van der Waals surface area contributed by atoms with Crippen molar-refractivity contribution < 1.29 is 14.3 Å². The molecule has 2 atom stereocenters. The molecule has 4 rings (SSSR count). The molecule has 0 saturated carbocycles. The van der Waals surface area contributed by atoms with E-state index in [0.717, 1.165) is 25.9 Å². The minimum absolute atomic E-state index is 0.147. The maximum absolute atomic E-state index is 13.6. The van der Waals surface area contributed by atoms with E-state index in [2.05, 4.69) is 53.5 Å². The summed E-state index contributed by atoms with van der Waals surface area (Å²) in [6.07, 6.45) is 2.30. The number of hydrogen-bond acceptors (Lipinski definition) is 6. The molecule has 1 aliphatic heterocycles. The van der Waals surface area contributed by atoms with Gasteiger partial charge in [-0.2, -0.15) is 0 Å². The van der Waals surface area contributed by atoms with Crippen molar-refractivity contribution >= 4 is 23.2 Å². The normalized spacial score (nSPS) is 17.4. The number of methoxy groups -OCH3 is 1. The maximum atomic E-state index is 13.6. The third-order valence-corrected chi connectivity index (χ3v) is 8.09. The molecule has 1 unspecified atom stereocenters. The Morgan fingerprint density at radius 2 is 1.95 bits per heavy atom. The molecule has 1 fully saturated rings. The predicted octanol–water partition coefficient (Wildman–Crippen LogP) is 3.86. The zero-order chi connectivity index (χ0) is 26.9. The van der Waals surface area contributed by atoms with Crippen LogP contribution in [0, 0.1) is 6.92 Å². The summed E-state index contributed by atoms with van der Waals surface area (Å²) in [4.78, 5) is 33.8. The largest absolute Gasteiger partial charge is 0.497 e. The van der Waals surface area contributed by atoms with E-state index in [9.17, 15) is 9.59 Å². The van der Waals surface area contributed by atoms with Crippen molar-refractivity contribution in [1.82, 2.24) is 15.1 Å². The first-order valence-corrected chi connectivity index (χ1v) is 14.1. The first-order valence-electron chi connectivity index (χ1n) is 13.2. The van der Waals surface area contributed by atoms with Gasteiger partial charge in [0, 0.05) is 54.1 Å². The molecule has 1 saturated heterocycles. The quantitative estimate of drug-likeness (QED) is 0.390. The van der Waals surface area contributed by atoms with Gasteiger partial charge in [0.2, 0.25) is 5.91 Å². The van der Waals surface area contributed by atoms with Crippen LogP contribution in [-0.2, 0) is 17.8 Å². The first kappa shape index (κ1) is 27.8. The highest BCUT2D eigenvalue weighted by molar-refractivity contribution is 7.11. The van der Waals surface area contributed by atoms with Gasteiger partial charge in [0.05, 0.1) is 7.11 Å². The smallest absolute Gasteiger partial charge is 0.254 e. The SMILES string of the molecule is COc1cccc(C(=O)N2CCC(N(CCc3ccccc3)Cc3ccc(C)s3)C[C@@H]2C(=O)NCCN)c1. The summed E-state index contributed by atoms with van der Waals surface area (Å²) in [5.41, 5.74) is 7.48. The van der Waals surface area contributed by atoms with E-state index in [-0.39, 0.29) is 17.9 Å². The lowest BCUT2D eigenvalue weighted by Crippen LogP contribution is -2.57. The number of carbonyl (C=O) groups is 2. The molecule has 0 radical (unpaired) electrons. The van der Waals surface area contributed by atoms with Crippen LogP contribution in [0.5, 0.6) is 5.75 Å². The van der Waals surface area contributed by atoms with Crippen LogP contribution in [0.3, 0.4) is 0 Å². The lowest BCUT2D eigenvalue weighted by molar-refractivity contribution is -0.127. The Kier molecular flexibility index (Phi) is 9.92. The van der Waals surface area contributed by atoms with Crippen molar-refractivity contribution in [3.05, 3.63) is 87.6 Å². The molecule has 202 valence electrons. The summed E-state index contributed by atoms with van der Waals surface area (Å²) in [7, 11) is 1.58. The van der Waals surface area contributed by atoms with Crippen LogP contribution in [0.25, 0.3) is 0 Å². The Labute approximate surface area is 229 Å². The monoisotopic (exact) mass is 534 g/mol.